The first-order valence-electron chi connectivity index (χ1n) is 7.26. The molecule has 1 aliphatic rings. The Morgan fingerprint density at radius 2 is 1.47 bits per heavy atom. The standard InChI is InChI=1S/C15H26N4/c1-18-10-4-8-16-9-5-11-19(2)13-15-7-3-6-14(12-18)17-15/h3,6-7,16H,4-5,8-13H2,1-2H3. The SMILES string of the molecule is CN1CCCNCCCN(C)Cc2cccc(n2)C1. The van der Waals surface area contributed by atoms with Crippen molar-refractivity contribution in [1.29, 1.82) is 0 Å². The van der Waals surface area contributed by atoms with Gasteiger partial charge < -0.3 is 15.1 Å². The van der Waals surface area contributed by atoms with E-state index in [9.17, 15) is 0 Å². The minimum absolute atomic E-state index is 0.942. The lowest BCUT2D eigenvalue weighted by molar-refractivity contribution is 0.299. The molecular weight excluding hydrogens is 236 g/mol. The highest BCUT2D eigenvalue weighted by Gasteiger charge is 2.06. The maximum Gasteiger partial charge on any atom is 0.0547 e. The van der Waals surface area contributed by atoms with Crippen molar-refractivity contribution in [2.45, 2.75) is 25.9 Å². The molecule has 4 heteroatoms. The van der Waals surface area contributed by atoms with E-state index in [2.05, 4.69) is 47.4 Å². The zero-order valence-electron chi connectivity index (χ0n) is 12.2. The Morgan fingerprint density at radius 3 is 2.00 bits per heavy atom. The van der Waals surface area contributed by atoms with Gasteiger partial charge >= 0.3 is 0 Å². The van der Waals surface area contributed by atoms with Crippen LogP contribution in [0, 0.1) is 0 Å². The number of hydrogen-bond acceptors (Lipinski definition) is 4. The molecule has 0 saturated heterocycles. The van der Waals surface area contributed by atoms with E-state index in [1.54, 1.807) is 0 Å². The first-order chi connectivity index (χ1) is 9.24. The van der Waals surface area contributed by atoms with E-state index >= 15 is 0 Å². The summed E-state index contributed by atoms with van der Waals surface area (Å²) in [6, 6.07) is 6.39. The van der Waals surface area contributed by atoms with Gasteiger partial charge in [-0.05, 0) is 65.2 Å². The lowest BCUT2D eigenvalue weighted by Crippen LogP contribution is -2.28. The molecule has 0 fully saturated rings. The van der Waals surface area contributed by atoms with Gasteiger partial charge in [0.15, 0.2) is 0 Å². The number of rotatable bonds is 0. The van der Waals surface area contributed by atoms with Crippen LogP contribution in [0.3, 0.4) is 0 Å². The molecule has 2 heterocycles. The van der Waals surface area contributed by atoms with Gasteiger partial charge in [0.25, 0.3) is 0 Å². The Morgan fingerprint density at radius 1 is 0.947 bits per heavy atom. The summed E-state index contributed by atoms with van der Waals surface area (Å²) in [4.78, 5) is 9.46. The third-order valence-corrected chi connectivity index (χ3v) is 3.52. The Bertz CT molecular complexity index is 349. The van der Waals surface area contributed by atoms with E-state index in [4.69, 9.17) is 4.98 Å². The van der Waals surface area contributed by atoms with Crippen LogP contribution >= 0.6 is 0 Å². The zero-order chi connectivity index (χ0) is 13.5. The summed E-state index contributed by atoms with van der Waals surface area (Å²) in [5.74, 6) is 0. The van der Waals surface area contributed by atoms with Crippen LogP contribution in [0.5, 0.6) is 0 Å². The Hall–Kier alpha value is -0.970. The minimum Gasteiger partial charge on any atom is -0.317 e. The topological polar surface area (TPSA) is 31.4 Å². The van der Waals surface area contributed by atoms with E-state index in [1.807, 2.05) is 0 Å². The molecule has 0 spiro atoms. The molecule has 0 radical (unpaired) electrons. The van der Waals surface area contributed by atoms with E-state index in [0.717, 1.165) is 39.3 Å². The fraction of sp³-hybridized carbons (Fsp3) is 0.667. The first-order valence-corrected chi connectivity index (χ1v) is 7.26. The molecule has 1 N–H and O–H groups in total. The molecule has 1 aliphatic heterocycles. The smallest absolute Gasteiger partial charge is 0.0547 e. The fourth-order valence-corrected chi connectivity index (χ4v) is 2.49. The first kappa shape index (κ1) is 14.4. The molecule has 1 aromatic heterocycles. The van der Waals surface area contributed by atoms with Crippen molar-refractivity contribution in [1.82, 2.24) is 20.1 Å². The average Bonchev–Trinajstić information content (AvgIpc) is 2.37. The summed E-state index contributed by atoms with van der Waals surface area (Å²) >= 11 is 0. The van der Waals surface area contributed by atoms with Gasteiger partial charge in [0.05, 0.1) is 11.4 Å². The van der Waals surface area contributed by atoms with Crippen molar-refractivity contribution in [3.05, 3.63) is 29.6 Å². The Balaban J connectivity index is 2.04. The second-order valence-corrected chi connectivity index (χ2v) is 5.55. The van der Waals surface area contributed by atoms with Crippen LogP contribution < -0.4 is 5.32 Å². The van der Waals surface area contributed by atoms with Crippen LogP contribution in [0.15, 0.2) is 18.2 Å². The van der Waals surface area contributed by atoms with E-state index in [1.165, 1.54) is 24.2 Å². The molecule has 0 unspecified atom stereocenters. The normalized spacial score (nSPS) is 20.9. The molecule has 2 bridgehead atoms. The predicted molar refractivity (Wildman–Crippen MR) is 79.0 cm³/mol. The number of aromatic nitrogens is 1. The van der Waals surface area contributed by atoms with Gasteiger partial charge in [-0.15, -0.1) is 0 Å². The average molecular weight is 262 g/mol. The largest absolute Gasteiger partial charge is 0.317 e. The summed E-state index contributed by atoms with van der Waals surface area (Å²) in [7, 11) is 4.35. The lowest BCUT2D eigenvalue weighted by Gasteiger charge is -2.20. The number of nitrogens with one attached hydrogen (secondary N) is 1. The molecule has 0 atom stereocenters. The van der Waals surface area contributed by atoms with Gasteiger partial charge in [-0.2, -0.15) is 0 Å². The highest BCUT2D eigenvalue weighted by atomic mass is 15.1. The van der Waals surface area contributed by atoms with E-state index in [-0.39, 0.29) is 0 Å². The summed E-state index contributed by atoms with van der Waals surface area (Å²) in [5.41, 5.74) is 2.36. The highest BCUT2D eigenvalue weighted by Crippen LogP contribution is 2.06. The van der Waals surface area contributed by atoms with Crippen LogP contribution in [-0.2, 0) is 13.1 Å². The van der Waals surface area contributed by atoms with E-state index < -0.39 is 0 Å². The van der Waals surface area contributed by atoms with Crippen molar-refractivity contribution in [3.63, 3.8) is 0 Å². The molecule has 0 aromatic carbocycles. The molecule has 0 amide bonds. The maximum atomic E-state index is 4.76. The van der Waals surface area contributed by atoms with Crippen LogP contribution in [0.2, 0.25) is 0 Å². The second-order valence-electron chi connectivity index (χ2n) is 5.55. The van der Waals surface area contributed by atoms with Gasteiger partial charge in [0, 0.05) is 13.1 Å². The summed E-state index contributed by atoms with van der Waals surface area (Å²) in [5, 5.41) is 3.52. The zero-order valence-corrected chi connectivity index (χ0v) is 12.2. The van der Waals surface area contributed by atoms with Crippen LogP contribution in [0.4, 0.5) is 0 Å². The molecule has 0 aliphatic carbocycles. The van der Waals surface area contributed by atoms with E-state index in [0.29, 0.717) is 0 Å². The highest BCUT2D eigenvalue weighted by molar-refractivity contribution is 5.11. The lowest BCUT2D eigenvalue weighted by atomic mass is 10.2. The van der Waals surface area contributed by atoms with Gasteiger partial charge in [-0.3, -0.25) is 4.98 Å². The van der Waals surface area contributed by atoms with Crippen LogP contribution in [-0.4, -0.2) is 55.1 Å². The van der Waals surface area contributed by atoms with Crippen LogP contribution in [0.25, 0.3) is 0 Å². The van der Waals surface area contributed by atoms with Gasteiger partial charge in [-0.1, -0.05) is 6.07 Å². The summed E-state index contributed by atoms with van der Waals surface area (Å²) in [6.45, 7) is 6.36. The van der Waals surface area contributed by atoms with Crippen molar-refractivity contribution < 1.29 is 0 Å². The quantitative estimate of drug-likeness (QED) is 0.764. The fourth-order valence-electron chi connectivity index (χ4n) is 2.49. The maximum absolute atomic E-state index is 4.76. The van der Waals surface area contributed by atoms with Crippen molar-refractivity contribution >= 4 is 0 Å². The summed E-state index contributed by atoms with van der Waals surface area (Å²) < 4.78 is 0. The number of pyridine rings is 1. The third-order valence-electron chi connectivity index (χ3n) is 3.52. The van der Waals surface area contributed by atoms with Crippen LogP contribution in [0.1, 0.15) is 24.2 Å². The molecule has 106 valence electrons. The molecule has 4 nitrogen and oxygen atoms in total. The monoisotopic (exact) mass is 262 g/mol. The van der Waals surface area contributed by atoms with Crippen molar-refractivity contribution in [2.75, 3.05) is 40.3 Å². The third kappa shape index (κ3) is 5.27. The Kier molecular flexibility index (Phi) is 5.76. The van der Waals surface area contributed by atoms with Gasteiger partial charge in [0.1, 0.15) is 0 Å². The molecule has 0 saturated carbocycles. The number of nitrogens with zero attached hydrogens (tertiary/aromatic N) is 3. The van der Waals surface area contributed by atoms with Gasteiger partial charge in [-0.25, -0.2) is 0 Å². The Labute approximate surface area is 116 Å². The minimum atomic E-state index is 0.942. The summed E-state index contributed by atoms with van der Waals surface area (Å²) in [6.07, 6.45) is 2.40. The van der Waals surface area contributed by atoms with Crippen molar-refractivity contribution in [3.8, 4) is 0 Å². The number of fused-ring (bicyclic) bond motifs is 2. The predicted octanol–water partition coefficient (Wildman–Crippen LogP) is 1.33. The second kappa shape index (κ2) is 7.58. The molecule has 19 heavy (non-hydrogen) atoms. The number of hydrogen-bond donors (Lipinski definition) is 1. The molecular formula is C15H26N4. The molecule has 1 aromatic rings. The van der Waals surface area contributed by atoms with Gasteiger partial charge in [0.2, 0.25) is 0 Å². The molecule has 2 rings (SSSR count). The van der Waals surface area contributed by atoms with Crippen molar-refractivity contribution in [2.24, 2.45) is 0 Å².